The number of hydrogen-bond acceptors (Lipinski definition) is 7. The molecule has 8 heteroatoms. The lowest BCUT2D eigenvalue weighted by Gasteiger charge is -2.34. The van der Waals surface area contributed by atoms with Crippen LogP contribution in [0.2, 0.25) is 0 Å². The molecule has 0 bridgehead atoms. The minimum atomic E-state index is -0.274. The van der Waals surface area contributed by atoms with Crippen molar-refractivity contribution in [2.75, 3.05) is 20.8 Å². The van der Waals surface area contributed by atoms with Crippen molar-refractivity contribution in [3.05, 3.63) is 76.1 Å². The molecule has 3 N–H and O–H groups in total. The second kappa shape index (κ2) is 8.31. The van der Waals surface area contributed by atoms with Crippen LogP contribution in [0, 0.1) is 0 Å². The van der Waals surface area contributed by atoms with Crippen molar-refractivity contribution in [3.8, 4) is 11.5 Å². The molecule has 5 rings (SSSR count). The molecule has 1 atom stereocenters. The quantitative estimate of drug-likeness (QED) is 0.527. The first kappa shape index (κ1) is 19.4. The van der Waals surface area contributed by atoms with Gasteiger partial charge >= 0.3 is 0 Å². The molecule has 31 heavy (non-hydrogen) atoms. The van der Waals surface area contributed by atoms with Crippen molar-refractivity contribution in [1.82, 2.24) is 25.7 Å². The summed E-state index contributed by atoms with van der Waals surface area (Å²) in [6.45, 7) is 2.36. The monoisotopic (exact) mass is 418 g/mol. The zero-order chi connectivity index (χ0) is 21.2. The number of ether oxygens (including phenoxy) is 2. The summed E-state index contributed by atoms with van der Waals surface area (Å²) in [7, 11) is 3.31. The Hall–Kier alpha value is -3.52. The summed E-state index contributed by atoms with van der Waals surface area (Å²) in [6, 6.07) is 16.4. The van der Waals surface area contributed by atoms with Crippen molar-refractivity contribution in [3.63, 3.8) is 0 Å². The van der Waals surface area contributed by atoms with Crippen LogP contribution in [0.3, 0.4) is 0 Å². The van der Waals surface area contributed by atoms with Gasteiger partial charge in [-0.25, -0.2) is 4.99 Å². The summed E-state index contributed by atoms with van der Waals surface area (Å²) in [6.07, 6.45) is 0.630. The Balaban J connectivity index is 1.37. The molecule has 3 heterocycles. The SMILES string of the molecule is COc1cc(CNC2N=c3[nH]nc4c3=C(N2)N(Cc2ccccc2)CC4)cc(OC)c1. The van der Waals surface area contributed by atoms with Gasteiger partial charge < -0.3 is 19.7 Å². The van der Waals surface area contributed by atoms with E-state index in [1.807, 2.05) is 24.3 Å². The predicted octanol–water partition coefficient (Wildman–Crippen LogP) is 0.847. The number of nitrogens with one attached hydrogen (secondary N) is 3. The molecule has 0 amide bonds. The number of H-pyrrole nitrogens is 1. The highest BCUT2D eigenvalue weighted by Crippen LogP contribution is 2.22. The molecule has 0 fully saturated rings. The molecular weight excluding hydrogens is 392 g/mol. The fourth-order valence-electron chi connectivity index (χ4n) is 4.10. The molecule has 8 nitrogen and oxygen atoms in total. The zero-order valence-corrected chi connectivity index (χ0v) is 17.7. The Kier molecular flexibility index (Phi) is 5.21. The van der Waals surface area contributed by atoms with E-state index < -0.39 is 0 Å². The van der Waals surface area contributed by atoms with Crippen molar-refractivity contribution >= 4 is 5.82 Å². The Bertz CT molecular complexity index is 1170. The zero-order valence-electron chi connectivity index (χ0n) is 17.7. The number of aromatic amines is 1. The van der Waals surface area contributed by atoms with Gasteiger partial charge in [0.2, 0.25) is 0 Å². The largest absolute Gasteiger partial charge is 0.497 e. The van der Waals surface area contributed by atoms with Crippen molar-refractivity contribution in [2.24, 2.45) is 4.99 Å². The van der Waals surface area contributed by atoms with E-state index in [0.717, 1.165) is 58.8 Å². The van der Waals surface area contributed by atoms with Crippen LogP contribution >= 0.6 is 0 Å². The summed E-state index contributed by atoms with van der Waals surface area (Å²) in [5.74, 6) is 2.60. The lowest BCUT2D eigenvalue weighted by Crippen LogP contribution is -2.55. The molecule has 0 radical (unpaired) electrons. The molecule has 0 aliphatic carbocycles. The number of hydrogen-bond donors (Lipinski definition) is 3. The lowest BCUT2D eigenvalue weighted by atomic mass is 10.1. The Morgan fingerprint density at radius 2 is 1.84 bits per heavy atom. The fraction of sp³-hybridized carbons (Fsp3) is 0.304. The summed E-state index contributed by atoms with van der Waals surface area (Å²) in [5.41, 5.74) is 4.23. The van der Waals surface area contributed by atoms with E-state index in [0.29, 0.717) is 6.54 Å². The highest BCUT2D eigenvalue weighted by molar-refractivity contribution is 5.46. The number of aromatic nitrogens is 2. The van der Waals surface area contributed by atoms with Crippen LogP contribution in [0.5, 0.6) is 11.5 Å². The predicted molar refractivity (Wildman–Crippen MR) is 117 cm³/mol. The van der Waals surface area contributed by atoms with Crippen LogP contribution < -0.4 is 30.8 Å². The Labute approximate surface area is 180 Å². The second-order valence-electron chi connectivity index (χ2n) is 7.68. The van der Waals surface area contributed by atoms with Gasteiger partial charge in [-0.05, 0) is 23.3 Å². The average molecular weight is 419 g/mol. The smallest absolute Gasteiger partial charge is 0.177 e. The molecule has 2 aromatic carbocycles. The minimum absolute atomic E-state index is 0.274. The van der Waals surface area contributed by atoms with E-state index >= 15 is 0 Å². The van der Waals surface area contributed by atoms with E-state index in [9.17, 15) is 0 Å². The number of rotatable bonds is 7. The highest BCUT2D eigenvalue weighted by atomic mass is 16.5. The maximum atomic E-state index is 5.38. The minimum Gasteiger partial charge on any atom is -0.497 e. The van der Waals surface area contributed by atoms with Crippen molar-refractivity contribution in [1.29, 1.82) is 0 Å². The third-order valence-electron chi connectivity index (χ3n) is 5.65. The van der Waals surface area contributed by atoms with E-state index in [-0.39, 0.29) is 6.29 Å². The molecule has 1 unspecified atom stereocenters. The van der Waals surface area contributed by atoms with Crippen LogP contribution in [0.25, 0.3) is 5.82 Å². The Morgan fingerprint density at radius 3 is 2.58 bits per heavy atom. The van der Waals surface area contributed by atoms with Crippen LogP contribution in [0.4, 0.5) is 0 Å². The third-order valence-corrected chi connectivity index (χ3v) is 5.65. The number of nitrogens with zero attached hydrogens (tertiary/aromatic N) is 3. The van der Waals surface area contributed by atoms with Crippen LogP contribution in [0.1, 0.15) is 16.8 Å². The molecular formula is C23H26N6O2. The summed E-state index contributed by atoms with van der Waals surface area (Å²) >= 11 is 0. The standard InChI is InChI=1S/C23H26N6O2/c1-30-17-10-16(11-18(12-17)31-2)13-24-23-25-21-20-19(27-28-21)8-9-29(22(20)26-23)14-15-6-4-3-5-7-15/h3-7,10-12,23-24,26H,8-9,13-14H2,1-2H3,(H,25,28). The summed E-state index contributed by atoms with van der Waals surface area (Å²) < 4.78 is 10.8. The maximum Gasteiger partial charge on any atom is 0.177 e. The van der Waals surface area contributed by atoms with Crippen molar-refractivity contribution < 1.29 is 9.47 Å². The van der Waals surface area contributed by atoms with Crippen LogP contribution in [-0.2, 0) is 19.5 Å². The maximum absolute atomic E-state index is 5.38. The van der Waals surface area contributed by atoms with Crippen LogP contribution in [-0.4, -0.2) is 42.2 Å². The fourth-order valence-corrected chi connectivity index (χ4v) is 4.10. The van der Waals surface area contributed by atoms with Gasteiger partial charge in [0.15, 0.2) is 11.8 Å². The third kappa shape index (κ3) is 3.94. The Morgan fingerprint density at radius 1 is 1.06 bits per heavy atom. The topological polar surface area (TPSA) is 86.8 Å². The molecule has 3 aromatic rings. The van der Waals surface area contributed by atoms with Gasteiger partial charge in [0.05, 0.1) is 25.1 Å². The summed E-state index contributed by atoms with van der Waals surface area (Å²) in [4.78, 5) is 7.16. The van der Waals surface area contributed by atoms with E-state index in [4.69, 9.17) is 14.5 Å². The molecule has 0 saturated carbocycles. The molecule has 0 spiro atoms. The normalized spacial score (nSPS) is 16.9. The average Bonchev–Trinajstić information content (AvgIpc) is 3.23. The first-order valence-corrected chi connectivity index (χ1v) is 10.4. The van der Waals surface area contributed by atoms with Crippen molar-refractivity contribution in [2.45, 2.75) is 25.8 Å². The van der Waals surface area contributed by atoms with Gasteiger partial charge in [0, 0.05) is 32.1 Å². The van der Waals surface area contributed by atoms with Crippen LogP contribution in [0.15, 0.2) is 53.5 Å². The number of benzene rings is 2. The first-order valence-electron chi connectivity index (χ1n) is 10.4. The molecule has 2 aliphatic rings. The van der Waals surface area contributed by atoms with Gasteiger partial charge in [-0.15, -0.1) is 0 Å². The van der Waals surface area contributed by atoms with Gasteiger partial charge in [0.1, 0.15) is 17.3 Å². The molecule has 0 saturated heterocycles. The van der Waals surface area contributed by atoms with E-state index in [1.165, 1.54) is 5.56 Å². The van der Waals surface area contributed by atoms with Gasteiger partial charge in [0.25, 0.3) is 0 Å². The summed E-state index contributed by atoms with van der Waals surface area (Å²) in [5, 5.41) is 15.7. The lowest BCUT2D eigenvalue weighted by molar-refractivity contribution is 0.332. The van der Waals surface area contributed by atoms with Gasteiger partial charge in [-0.3, -0.25) is 10.4 Å². The second-order valence-corrected chi connectivity index (χ2v) is 7.68. The highest BCUT2D eigenvalue weighted by Gasteiger charge is 2.26. The van der Waals surface area contributed by atoms with Gasteiger partial charge in [-0.1, -0.05) is 30.3 Å². The molecule has 1 aromatic heterocycles. The van der Waals surface area contributed by atoms with Gasteiger partial charge in [-0.2, -0.15) is 5.10 Å². The first-order chi connectivity index (χ1) is 15.2. The van der Waals surface area contributed by atoms with E-state index in [1.54, 1.807) is 14.2 Å². The molecule has 2 aliphatic heterocycles. The number of methoxy groups -OCH3 is 2. The van der Waals surface area contributed by atoms with E-state index in [2.05, 4.69) is 50.0 Å². The molecule has 160 valence electrons.